The van der Waals surface area contributed by atoms with Gasteiger partial charge in [0.25, 0.3) is 0 Å². The summed E-state index contributed by atoms with van der Waals surface area (Å²) in [6, 6.07) is 8.98. The SMILES string of the molecule is CC1=C2N(C=CC2(C2CCCC2)C2CCCC2)C(C(C)(C)C)N1c1ccccc1C. The molecule has 4 aliphatic rings. The van der Waals surface area contributed by atoms with E-state index in [2.05, 4.69) is 81.0 Å². The Kier molecular flexibility index (Phi) is 4.84. The Morgan fingerprint density at radius 3 is 1.97 bits per heavy atom. The minimum Gasteiger partial charge on any atom is -0.328 e. The highest BCUT2D eigenvalue weighted by atomic mass is 15.4. The maximum absolute atomic E-state index is 2.71. The van der Waals surface area contributed by atoms with Crippen LogP contribution < -0.4 is 4.90 Å². The number of fused-ring (bicyclic) bond motifs is 1. The van der Waals surface area contributed by atoms with Crippen LogP contribution in [0.2, 0.25) is 0 Å². The van der Waals surface area contributed by atoms with Gasteiger partial charge in [0.05, 0.1) is 0 Å². The van der Waals surface area contributed by atoms with Gasteiger partial charge >= 0.3 is 0 Å². The molecule has 2 nitrogen and oxygen atoms in total. The molecule has 1 aromatic carbocycles. The quantitative estimate of drug-likeness (QED) is 0.511. The van der Waals surface area contributed by atoms with Crippen molar-refractivity contribution in [3.8, 4) is 0 Å². The first-order valence-corrected chi connectivity index (χ1v) is 12.4. The van der Waals surface area contributed by atoms with Crippen molar-refractivity contribution in [2.45, 2.75) is 92.2 Å². The molecule has 0 bridgehead atoms. The molecule has 2 heterocycles. The molecule has 30 heavy (non-hydrogen) atoms. The molecule has 0 amide bonds. The molecule has 1 atom stereocenters. The zero-order chi connectivity index (χ0) is 21.1. The van der Waals surface area contributed by atoms with Gasteiger partial charge in [0, 0.05) is 34.1 Å². The highest BCUT2D eigenvalue weighted by Crippen LogP contribution is 2.62. The van der Waals surface area contributed by atoms with Gasteiger partial charge in [0.2, 0.25) is 0 Å². The van der Waals surface area contributed by atoms with Gasteiger partial charge in [-0.3, -0.25) is 0 Å². The second-order valence-electron chi connectivity index (χ2n) is 11.4. The van der Waals surface area contributed by atoms with Crippen LogP contribution in [0, 0.1) is 29.6 Å². The summed E-state index contributed by atoms with van der Waals surface area (Å²) in [7, 11) is 0. The second-order valence-corrected chi connectivity index (χ2v) is 11.4. The molecule has 2 aliphatic heterocycles. The first kappa shape index (κ1) is 20.2. The molecule has 0 radical (unpaired) electrons. The van der Waals surface area contributed by atoms with Gasteiger partial charge in [-0.25, -0.2) is 0 Å². The van der Waals surface area contributed by atoms with Crippen LogP contribution >= 0.6 is 0 Å². The minimum atomic E-state index is 0.150. The summed E-state index contributed by atoms with van der Waals surface area (Å²) in [6.07, 6.45) is 16.9. The molecule has 5 rings (SSSR count). The maximum atomic E-state index is 2.71. The third kappa shape index (κ3) is 2.82. The monoisotopic (exact) mass is 404 g/mol. The Balaban J connectivity index is 1.69. The molecular weight excluding hydrogens is 364 g/mol. The summed E-state index contributed by atoms with van der Waals surface area (Å²) in [6.45, 7) is 11.9. The van der Waals surface area contributed by atoms with Gasteiger partial charge in [0.1, 0.15) is 6.17 Å². The van der Waals surface area contributed by atoms with Gasteiger partial charge in [-0.05, 0) is 63.0 Å². The Morgan fingerprint density at radius 1 is 0.867 bits per heavy atom. The molecule has 0 spiro atoms. The largest absolute Gasteiger partial charge is 0.328 e. The lowest BCUT2D eigenvalue weighted by atomic mass is 9.63. The van der Waals surface area contributed by atoms with E-state index in [0.29, 0.717) is 6.17 Å². The number of aryl methyl sites for hydroxylation is 1. The first-order valence-electron chi connectivity index (χ1n) is 12.4. The molecule has 2 aliphatic carbocycles. The maximum Gasteiger partial charge on any atom is 0.115 e. The molecule has 1 unspecified atom stereocenters. The number of hydrogen-bond donors (Lipinski definition) is 0. The molecule has 1 aromatic rings. The van der Waals surface area contributed by atoms with Crippen molar-refractivity contribution in [1.82, 2.24) is 4.90 Å². The van der Waals surface area contributed by atoms with Crippen LogP contribution in [0.3, 0.4) is 0 Å². The standard InChI is InChI=1S/C28H40N2/c1-20-12-6-11-17-24(20)30-21(2)25-28(22-13-7-8-14-22,23-15-9-10-16-23)18-19-29(25)26(30)27(3,4)5/h6,11-12,17-19,22-23,26H,7-10,13-16H2,1-5H3. The summed E-state index contributed by atoms with van der Waals surface area (Å²) in [5.41, 5.74) is 6.34. The van der Waals surface area contributed by atoms with Crippen LogP contribution in [0.4, 0.5) is 5.69 Å². The minimum absolute atomic E-state index is 0.150. The number of anilines is 1. The van der Waals surface area contributed by atoms with E-state index in [4.69, 9.17) is 0 Å². The van der Waals surface area contributed by atoms with Crippen molar-refractivity contribution in [2.75, 3.05) is 4.90 Å². The molecule has 2 fully saturated rings. The third-order valence-corrected chi connectivity index (χ3v) is 8.60. The number of nitrogens with zero attached hydrogens (tertiary/aromatic N) is 2. The van der Waals surface area contributed by atoms with Crippen molar-refractivity contribution in [2.24, 2.45) is 22.7 Å². The van der Waals surface area contributed by atoms with E-state index in [1.165, 1.54) is 68.3 Å². The molecule has 0 N–H and O–H groups in total. The summed E-state index contributed by atoms with van der Waals surface area (Å²) in [4.78, 5) is 5.39. The van der Waals surface area contributed by atoms with E-state index in [1.54, 1.807) is 5.70 Å². The molecule has 0 saturated heterocycles. The summed E-state index contributed by atoms with van der Waals surface area (Å²) < 4.78 is 0. The lowest BCUT2D eigenvalue weighted by molar-refractivity contribution is 0.134. The molecule has 2 saturated carbocycles. The molecule has 162 valence electrons. The number of rotatable bonds is 3. The smallest absolute Gasteiger partial charge is 0.115 e. The van der Waals surface area contributed by atoms with E-state index in [-0.39, 0.29) is 10.8 Å². The summed E-state index contributed by atoms with van der Waals surface area (Å²) in [5, 5.41) is 0. The zero-order valence-corrected chi connectivity index (χ0v) is 19.7. The fourth-order valence-electron chi connectivity index (χ4n) is 7.46. The van der Waals surface area contributed by atoms with Crippen molar-refractivity contribution in [3.05, 3.63) is 53.5 Å². The van der Waals surface area contributed by atoms with E-state index in [1.807, 2.05) is 0 Å². The summed E-state index contributed by atoms with van der Waals surface area (Å²) >= 11 is 0. The molecule has 0 aromatic heterocycles. The number of benzene rings is 1. The van der Waals surface area contributed by atoms with Gasteiger partial charge < -0.3 is 9.80 Å². The van der Waals surface area contributed by atoms with Gasteiger partial charge in [0.15, 0.2) is 0 Å². The van der Waals surface area contributed by atoms with Gasteiger partial charge in [-0.15, -0.1) is 0 Å². The predicted molar refractivity (Wildman–Crippen MR) is 127 cm³/mol. The Morgan fingerprint density at radius 2 is 1.43 bits per heavy atom. The van der Waals surface area contributed by atoms with E-state index >= 15 is 0 Å². The third-order valence-electron chi connectivity index (χ3n) is 8.60. The zero-order valence-electron chi connectivity index (χ0n) is 19.7. The van der Waals surface area contributed by atoms with E-state index in [9.17, 15) is 0 Å². The highest BCUT2D eigenvalue weighted by molar-refractivity contribution is 5.63. The topological polar surface area (TPSA) is 6.48 Å². The number of para-hydroxylation sites is 1. The van der Waals surface area contributed by atoms with E-state index < -0.39 is 0 Å². The fourth-order valence-corrected chi connectivity index (χ4v) is 7.46. The van der Waals surface area contributed by atoms with Crippen LogP contribution in [0.25, 0.3) is 0 Å². The molecule has 2 heteroatoms. The number of hydrogen-bond acceptors (Lipinski definition) is 2. The van der Waals surface area contributed by atoms with Crippen molar-refractivity contribution >= 4 is 5.69 Å². The Labute approximate surface area is 184 Å². The lowest BCUT2D eigenvalue weighted by Gasteiger charge is -2.43. The van der Waals surface area contributed by atoms with Crippen molar-refractivity contribution in [1.29, 1.82) is 0 Å². The van der Waals surface area contributed by atoms with Crippen LogP contribution in [0.1, 0.15) is 84.6 Å². The van der Waals surface area contributed by atoms with Crippen LogP contribution in [-0.2, 0) is 0 Å². The van der Waals surface area contributed by atoms with Crippen LogP contribution in [0.15, 0.2) is 47.9 Å². The van der Waals surface area contributed by atoms with Crippen LogP contribution in [-0.4, -0.2) is 11.1 Å². The fraction of sp³-hybridized carbons (Fsp3) is 0.643. The Bertz CT molecular complexity index is 843. The predicted octanol–water partition coefficient (Wildman–Crippen LogP) is 7.61. The average Bonchev–Trinajstić information content (AvgIpc) is 3.48. The van der Waals surface area contributed by atoms with Crippen molar-refractivity contribution in [3.63, 3.8) is 0 Å². The van der Waals surface area contributed by atoms with Crippen LogP contribution in [0.5, 0.6) is 0 Å². The van der Waals surface area contributed by atoms with E-state index in [0.717, 1.165) is 11.8 Å². The Hall–Kier alpha value is -1.70. The summed E-state index contributed by atoms with van der Waals surface area (Å²) in [5.74, 6) is 1.65. The van der Waals surface area contributed by atoms with Gasteiger partial charge in [-0.2, -0.15) is 0 Å². The average molecular weight is 405 g/mol. The van der Waals surface area contributed by atoms with Crippen molar-refractivity contribution < 1.29 is 0 Å². The number of allylic oxidation sites excluding steroid dienone is 2. The lowest BCUT2D eigenvalue weighted by Crippen LogP contribution is -2.48. The molecular formula is C28H40N2. The first-order chi connectivity index (χ1) is 14.4. The highest BCUT2D eigenvalue weighted by Gasteiger charge is 2.58. The second kappa shape index (κ2) is 7.18. The normalized spacial score (nSPS) is 27.0. The van der Waals surface area contributed by atoms with Gasteiger partial charge in [-0.1, -0.05) is 70.7 Å².